The van der Waals surface area contributed by atoms with E-state index in [4.69, 9.17) is 4.74 Å². The average Bonchev–Trinajstić information content (AvgIpc) is 2.28. The van der Waals surface area contributed by atoms with Gasteiger partial charge in [0.1, 0.15) is 5.75 Å². The van der Waals surface area contributed by atoms with Crippen molar-refractivity contribution in [2.75, 3.05) is 13.7 Å². The number of carbonyl (C=O) groups excluding carboxylic acids is 1. The smallest absolute Gasteiger partial charge is 0.381 e. The molecule has 0 fully saturated rings. The first-order valence-corrected chi connectivity index (χ1v) is 5.55. The van der Waals surface area contributed by atoms with E-state index in [-0.39, 0.29) is 12.2 Å². The standard InChI is InChI=1S/C13H16F2O3/c1-5-18-12(16)13(14,15)10-6-8(2)11(17-4)9(3)7-10/h6-7H,5H2,1-4H3. The molecule has 5 heteroatoms. The zero-order valence-electron chi connectivity index (χ0n) is 10.8. The summed E-state index contributed by atoms with van der Waals surface area (Å²) in [6.45, 7) is 4.70. The summed E-state index contributed by atoms with van der Waals surface area (Å²) in [4.78, 5) is 11.2. The van der Waals surface area contributed by atoms with Crippen molar-refractivity contribution in [1.82, 2.24) is 0 Å². The molecule has 0 bridgehead atoms. The molecule has 1 rings (SSSR count). The van der Waals surface area contributed by atoms with Crippen LogP contribution < -0.4 is 4.74 Å². The van der Waals surface area contributed by atoms with Crippen molar-refractivity contribution in [3.05, 3.63) is 28.8 Å². The molecule has 0 saturated heterocycles. The quantitative estimate of drug-likeness (QED) is 0.779. The van der Waals surface area contributed by atoms with Gasteiger partial charge in [0, 0.05) is 5.56 Å². The van der Waals surface area contributed by atoms with Crippen LogP contribution in [0.1, 0.15) is 23.6 Å². The van der Waals surface area contributed by atoms with Crippen LogP contribution in [0.25, 0.3) is 0 Å². The van der Waals surface area contributed by atoms with E-state index < -0.39 is 11.9 Å². The second kappa shape index (κ2) is 5.33. The predicted octanol–water partition coefficient (Wildman–Crippen LogP) is 2.97. The Morgan fingerprint density at radius 3 is 2.17 bits per heavy atom. The van der Waals surface area contributed by atoms with E-state index in [9.17, 15) is 13.6 Å². The van der Waals surface area contributed by atoms with Gasteiger partial charge in [-0.15, -0.1) is 0 Å². The first-order chi connectivity index (χ1) is 8.34. The number of carbonyl (C=O) groups is 1. The van der Waals surface area contributed by atoms with Crippen molar-refractivity contribution in [2.24, 2.45) is 0 Å². The summed E-state index contributed by atoms with van der Waals surface area (Å²) in [6.07, 6.45) is 0. The lowest BCUT2D eigenvalue weighted by atomic mass is 10.0. The molecule has 1 aromatic rings. The highest BCUT2D eigenvalue weighted by atomic mass is 19.3. The van der Waals surface area contributed by atoms with Crippen LogP contribution in [0, 0.1) is 13.8 Å². The van der Waals surface area contributed by atoms with Crippen molar-refractivity contribution in [3.8, 4) is 5.75 Å². The molecule has 0 aliphatic heterocycles. The Morgan fingerprint density at radius 2 is 1.78 bits per heavy atom. The van der Waals surface area contributed by atoms with Crippen LogP contribution in [0.3, 0.4) is 0 Å². The highest BCUT2D eigenvalue weighted by Gasteiger charge is 2.43. The number of esters is 1. The summed E-state index contributed by atoms with van der Waals surface area (Å²) in [7, 11) is 1.47. The van der Waals surface area contributed by atoms with E-state index in [1.54, 1.807) is 13.8 Å². The van der Waals surface area contributed by atoms with Gasteiger partial charge in [-0.3, -0.25) is 0 Å². The summed E-state index contributed by atoms with van der Waals surface area (Å²) in [5, 5.41) is 0. The van der Waals surface area contributed by atoms with Gasteiger partial charge in [-0.05, 0) is 44.0 Å². The summed E-state index contributed by atoms with van der Waals surface area (Å²) < 4.78 is 37.1. The number of halogens is 2. The predicted molar refractivity (Wildman–Crippen MR) is 63.0 cm³/mol. The molecule has 0 aliphatic rings. The maximum absolute atomic E-state index is 13.8. The number of alkyl halides is 2. The zero-order valence-corrected chi connectivity index (χ0v) is 10.8. The highest BCUT2D eigenvalue weighted by molar-refractivity contribution is 5.79. The molecule has 0 spiro atoms. The van der Waals surface area contributed by atoms with E-state index in [2.05, 4.69) is 4.74 Å². The van der Waals surface area contributed by atoms with Crippen LogP contribution >= 0.6 is 0 Å². The number of hydrogen-bond acceptors (Lipinski definition) is 3. The minimum Gasteiger partial charge on any atom is -0.496 e. The molecule has 1 aromatic carbocycles. The monoisotopic (exact) mass is 258 g/mol. The molecule has 0 saturated carbocycles. The normalized spacial score (nSPS) is 11.2. The lowest BCUT2D eigenvalue weighted by Crippen LogP contribution is -2.28. The molecule has 0 unspecified atom stereocenters. The van der Waals surface area contributed by atoms with Crippen LogP contribution in [-0.4, -0.2) is 19.7 Å². The van der Waals surface area contributed by atoms with Crippen LogP contribution in [0.5, 0.6) is 5.75 Å². The Kier molecular flexibility index (Phi) is 4.27. The summed E-state index contributed by atoms with van der Waals surface area (Å²) in [6, 6.07) is 2.48. The van der Waals surface area contributed by atoms with E-state index in [0.717, 1.165) is 0 Å². The Bertz CT molecular complexity index is 433. The molecule has 0 heterocycles. The van der Waals surface area contributed by atoms with Gasteiger partial charge in [-0.2, -0.15) is 8.78 Å². The van der Waals surface area contributed by atoms with Gasteiger partial charge in [0.25, 0.3) is 0 Å². The molecule has 100 valence electrons. The maximum Gasteiger partial charge on any atom is 0.381 e. The largest absolute Gasteiger partial charge is 0.496 e. The molecule has 0 atom stereocenters. The van der Waals surface area contributed by atoms with Crippen molar-refractivity contribution >= 4 is 5.97 Å². The molecular weight excluding hydrogens is 242 g/mol. The number of aryl methyl sites for hydroxylation is 2. The fourth-order valence-electron chi connectivity index (χ4n) is 1.79. The van der Waals surface area contributed by atoms with E-state index in [0.29, 0.717) is 16.9 Å². The van der Waals surface area contributed by atoms with Crippen LogP contribution in [-0.2, 0) is 15.5 Å². The molecule has 0 aliphatic carbocycles. The third kappa shape index (κ3) is 2.60. The minimum absolute atomic E-state index is 0.0808. The van der Waals surface area contributed by atoms with E-state index >= 15 is 0 Å². The van der Waals surface area contributed by atoms with Gasteiger partial charge in [-0.25, -0.2) is 4.79 Å². The van der Waals surface area contributed by atoms with Gasteiger partial charge in [-0.1, -0.05) is 0 Å². The van der Waals surface area contributed by atoms with Crippen LogP contribution in [0.15, 0.2) is 12.1 Å². The van der Waals surface area contributed by atoms with Crippen molar-refractivity contribution in [3.63, 3.8) is 0 Å². The van der Waals surface area contributed by atoms with Crippen molar-refractivity contribution in [2.45, 2.75) is 26.7 Å². The topological polar surface area (TPSA) is 35.5 Å². The minimum atomic E-state index is -3.64. The molecule has 3 nitrogen and oxygen atoms in total. The molecular formula is C13H16F2O3. The highest BCUT2D eigenvalue weighted by Crippen LogP contribution is 2.34. The van der Waals surface area contributed by atoms with E-state index in [1.807, 2.05) is 0 Å². The first-order valence-electron chi connectivity index (χ1n) is 5.55. The summed E-state index contributed by atoms with van der Waals surface area (Å²) >= 11 is 0. The third-order valence-electron chi connectivity index (χ3n) is 2.56. The Balaban J connectivity index is 3.21. The Morgan fingerprint density at radius 1 is 1.28 bits per heavy atom. The Labute approximate surface area is 105 Å². The van der Waals surface area contributed by atoms with Gasteiger partial charge < -0.3 is 9.47 Å². The molecule has 0 amide bonds. The van der Waals surface area contributed by atoms with Crippen molar-refractivity contribution in [1.29, 1.82) is 0 Å². The number of hydrogen-bond donors (Lipinski definition) is 0. The second-order valence-electron chi connectivity index (χ2n) is 3.94. The fourth-order valence-corrected chi connectivity index (χ4v) is 1.79. The van der Waals surface area contributed by atoms with Crippen LogP contribution in [0.4, 0.5) is 8.78 Å². The first kappa shape index (κ1) is 14.4. The number of ether oxygens (including phenoxy) is 2. The molecule has 0 radical (unpaired) electrons. The second-order valence-corrected chi connectivity index (χ2v) is 3.94. The number of rotatable bonds is 4. The Hall–Kier alpha value is -1.65. The third-order valence-corrected chi connectivity index (χ3v) is 2.56. The fraction of sp³-hybridized carbons (Fsp3) is 0.462. The van der Waals surface area contributed by atoms with Gasteiger partial charge >= 0.3 is 11.9 Å². The van der Waals surface area contributed by atoms with E-state index in [1.165, 1.54) is 26.2 Å². The summed E-state index contributed by atoms with van der Waals surface area (Å²) in [5.41, 5.74) is 0.727. The molecule has 0 aromatic heterocycles. The SMILES string of the molecule is CCOC(=O)C(F)(F)c1cc(C)c(OC)c(C)c1. The average molecular weight is 258 g/mol. The zero-order chi connectivity index (χ0) is 13.9. The maximum atomic E-state index is 13.8. The number of benzene rings is 1. The van der Waals surface area contributed by atoms with Gasteiger partial charge in [0.2, 0.25) is 0 Å². The lowest BCUT2D eigenvalue weighted by molar-refractivity contribution is -0.173. The summed E-state index contributed by atoms with van der Waals surface area (Å²) in [5.74, 6) is -4.63. The number of methoxy groups -OCH3 is 1. The molecule has 0 N–H and O–H groups in total. The lowest BCUT2D eigenvalue weighted by Gasteiger charge is -2.17. The van der Waals surface area contributed by atoms with Gasteiger partial charge in [0.15, 0.2) is 0 Å². The van der Waals surface area contributed by atoms with Crippen molar-refractivity contribution < 1.29 is 23.0 Å². The van der Waals surface area contributed by atoms with Gasteiger partial charge in [0.05, 0.1) is 13.7 Å². The van der Waals surface area contributed by atoms with Crippen LogP contribution in [0.2, 0.25) is 0 Å². The molecule has 18 heavy (non-hydrogen) atoms.